The number of benzene rings is 1. The predicted molar refractivity (Wildman–Crippen MR) is 76.2 cm³/mol. The first-order valence-corrected chi connectivity index (χ1v) is 6.55. The molecule has 1 aromatic heterocycles. The van der Waals surface area contributed by atoms with Crippen LogP contribution in [0.3, 0.4) is 0 Å². The molecule has 0 amide bonds. The van der Waals surface area contributed by atoms with Gasteiger partial charge < -0.3 is 19.2 Å². The second kappa shape index (κ2) is 4.74. The van der Waals surface area contributed by atoms with Crippen molar-refractivity contribution in [2.45, 2.75) is 18.8 Å². The van der Waals surface area contributed by atoms with Gasteiger partial charge in [0.1, 0.15) is 0 Å². The molecule has 0 aliphatic heterocycles. The SMILES string of the molecule is COc1cc2[nH]c(C3CC3)cc(=O)c2c(OC)c1OC. The zero-order valence-corrected chi connectivity index (χ0v) is 11.8. The Balaban J connectivity index is 2.36. The van der Waals surface area contributed by atoms with Crippen molar-refractivity contribution >= 4 is 10.9 Å². The van der Waals surface area contributed by atoms with Gasteiger partial charge in [-0.15, -0.1) is 0 Å². The average Bonchev–Trinajstić information content (AvgIpc) is 3.29. The van der Waals surface area contributed by atoms with E-state index in [0.717, 1.165) is 18.5 Å². The first-order valence-electron chi connectivity index (χ1n) is 6.55. The van der Waals surface area contributed by atoms with Crippen LogP contribution in [0.2, 0.25) is 0 Å². The summed E-state index contributed by atoms with van der Waals surface area (Å²) in [7, 11) is 4.61. The van der Waals surface area contributed by atoms with Gasteiger partial charge in [-0.05, 0) is 18.8 Å². The molecule has 2 aromatic rings. The molecule has 5 heteroatoms. The van der Waals surface area contributed by atoms with Gasteiger partial charge in [0.05, 0.1) is 32.2 Å². The Bertz CT molecular complexity index is 716. The third-order valence-electron chi connectivity index (χ3n) is 3.66. The zero-order valence-electron chi connectivity index (χ0n) is 11.8. The van der Waals surface area contributed by atoms with Crippen molar-refractivity contribution in [1.29, 1.82) is 0 Å². The number of fused-ring (bicyclic) bond motifs is 1. The molecule has 1 fully saturated rings. The Kier molecular flexibility index (Phi) is 3.04. The number of nitrogens with one attached hydrogen (secondary N) is 1. The fourth-order valence-electron chi connectivity index (χ4n) is 2.52. The molecular formula is C15H17NO4. The maximum absolute atomic E-state index is 12.4. The highest BCUT2D eigenvalue weighted by Gasteiger charge is 2.26. The standard InChI is InChI=1S/C15H17NO4/c1-18-12-7-10-13(15(20-3)14(12)19-2)11(17)6-9(16-10)8-4-5-8/h6-8H,4-5H2,1-3H3,(H,16,17). The highest BCUT2D eigenvalue weighted by Crippen LogP contribution is 2.43. The Morgan fingerprint density at radius 3 is 2.30 bits per heavy atom. The maximum Gasteiger partial charge on any atom is 0.204 e. The lowest BCUT2D eigenvalue weighted by Gasteiger charge is -2.14. The van der Waals surface area contributed by atoms with E-state index in [0.29, 0.717) is 34.1 Å². The fraction of sp³-hybridized carbons (Fsp3) is 0.400. The van der Waals surface area contributed by atoms with Crippen molar-refractivity contribution in [2.24, 2.45) is 0 Å². The van der Waals surface area contributed by atoms with E-state index in [-0.39, 0.29) is 5.43 Å². The van der Waals surface area contributed by atoms with E-state index in [1.165, 1.54) is 14.2 Å². The first kappa shape index (κ1) is 12.8. The van der Waals surface area contributed by atoms with Crippen molar-refractivity contribution in [2.75, 3.05) is 21.3 Å². The molecule has 1 heterocycles. The minimum Gasteiger partial charge on any atom is -0.493 e. The molecule has 0 spiro atoms. The number of hydrogen-bond acceptors (Lipinski definition) is 4. The summed E-state index contributed by atoms with van der Waals surface area (Å²) in [6, 6.07) is 3.44. The van der Waals surface area contributed by atoms with Crippen molar-refractivity contribution in [3.8, 4) is 17.2 Å². The Labute approximate surface area is 116 Å². The summed E-state index contributed by atoms with van der Waals surface area (Å²) in [4.78, 5) is 15.7. The van der Waals surface area contributed by atoms with Crippen molar-refractivity contribution in [3.05, 3.63) is 28.0 Å². The van der Waals surface area contributed by atoms with Gasteiger partial charge in [-0.2, -0.15) is 0 Å². The molecule has 0 bridgehead atoms. The van der Waals surface area contributed by atoms with Gasteiger partial charge in [-0.25, -0.2) is 0 Å². The summed E-state index contributed by atoms with van der Waals surface area (Å²) < 4.78 is 16.0. The van der Waals surface area contributed by atoms with Crippen LogP contribution < -0.4 is 19.6 Å². The monoisotopic (exact) mass is 275 g/mol. The third-order valence-corrected chi connectivity index (χ3v) is 3.66. The van der Waals surface area contributed by atoms with Crippen LogP contribution in [-0.2, 0) is 0 Å². The number of aromatic amines is 1. The van der Waals surface area contributed by atoms with E-state index in [4.69, 9.17) is 14.2 Å². The van der Waals surface area contributed by atoms with E-state index < -0.39 is 0 Å². The molecule has 1 N–H and O–H groups in total. The van der Waals surface area contributed by atoms with Crippen molar-refractivity contribution < 1.29 is 14.2 Å². The number of methoxy groups -OCH3 is 3. The number of H-pyrrole nitrogens is 1. The second-order valence-electron chi connectivity index (χ2n) is 4.93. The molecule has 1 aliphatic rings. The summed E-state index contributed by atoms with van der Waals surface area (Å²) in [5.74, 6) is 1.87. The quantitative estimate of drug-likeness (QED) is 0.931. The molecule has 0 radical (unpaired) electrons. The summed E-state index contributed by atoms with van der Waals surface area (Å²) in [6.45, 7) is 0. The molecule has 0 atom stereocenters. The van der Waals surface area contributed by atoms with E-state index in [2.05, 4.69) is 4.98 Å². The van der Waals surface area contributed by atoms with Crippen LogP contribution in [-0.4, -0.2) is 26.3 Å². The third kappa shape index (κ3) is 1.90. The molecule has 3 rings (SSSR count). The number of pyridine rings is 1. The van der Waals surface area contributed by atoms with Crippen molar-refractivity contribution in [3.63, 3.8) is 0 Å². The number of aromatic nitrogens is 1. The maximum atomic E-state index is 12.4. The minimum atomic E-state index is -0.0570. The highest BCUT2D eigenvalue weighted by molar-refractivity contribution is 5.90. The van der Waals surface area contributed by atoms with Gasteiger partial charge >= 0.3 is 0 Å². The largest absolute Gasteiger partial charge is 0.493 e. The molecule has 106 valence electrons. The lowest BCUT2D eigenvalue weighted by molar-refractivity contribution is 0.327. The van der Waals surface area contributed by atoms with Gasteiger partial charge in [0.25, 0.3) is 0 Å². The summed E-state index contributed by atoms with van der Waals surface area (Å²) in [5, 5.41) is 0.495. The second-order valence-corrected chi connectivity index (χ2v) is 4.93. The van der Waals surface area contributed by atoms with E-state index in [9.17, 15) is 4.79 Å². The average molecular weight is 275 g/mol. The van der Waals surface area contributed by atoms with Gasteiger partial charge in [-0.1, -0.05) is 0 Å². The number of hydrogen-bond donors (Lipinski definition) is 1. The number of rotatable bonds is 4. The number of ether oxygens (including phenoxy) is 3. The van der Waals surface area contributed by atoms with E-state index >= 15 is 0 Å². The van der Waals surface area contributed by atoms with Crippen LogP contribution >= 0.6 is 0 Å². The summed E-state index contributed by atoms with van der Waals surface area (Å²) in [6.07, 6.45) is 2.26. The normalized spacial score (nSPS) is 14.3. The zero-order chi connectivity index (χ0) is 14.3. The van der Waals surface area contributed by atoms with Gasteiger partial charge in [0.15, 0.2) is 16.9 Å². The van der Waals surface area contributed by atoms with Crippen LogP contribution in [0.1, 0.15) is 24.5 Å². The Morgan fingerprint density at radius 1 is 1.05 bits per heavy atom. The fourth-order valence-corrected chi connectivity index (χ4v) is 2.52. The predicted octanol–water partition coefficient (Wildman–Crippen LogP) is 2.43. The molecule has 5 nitrogen and oxygen atoms in total. The molecule has 20 heavy (non-hydrogen) atoms. The minimum absolute atomic E-state index is 0.0570. The molecule has 1 aliphatic carbocycles. The summed E-state index contributed by atoms with van der Waals surface area (Å²) in [5.41, 5.74) is 1.64. The van der Waals surface area contributed by atoms with Crippen LogP contribution in [0.4, 0.5) is 0 Å². The van der Waals surface area contributed by atoms with Crippen LogP contribution in [0.5, 0.6) is 17.2 Å². The van der Waals surface area contributed by atoms with Gasteiger partial charge in [-0.3, -0.25) is 4.79 Å². The molecule has 1 saturated carbocycles. The Hall–Kier alpha value is -2.17. The lowest BCUT2D eigenvalue weighted by atomic mass is 10.1. The first-order chi connectivity index (χ1) is 9.69. The molecular weight excluding hydrogens is 258 g/mol. The lowest BCUT2D eigenvalue weighted by Crippen LogP contribution is -2.08. The van der Waals surface area contributed by atoms with E-state index in [1.54, 1.807) is 19.2 Å². The van der Waals surface area contributed by atoms with Crippen LogP contribution in [0.25, 0.3) is 10.9 Å². The van der Waals surface area contributed by atoms with Gasteiger partial charge in [0, 0.05) is 17.8 Å². The molecule has 1 aromatic carbocycles. The van der Waals surface area contributed by atoms with Crippen LogP contribution in [0.15, 0.2) is 16.9 Å². The van der Waals surface area contributed by atoms with Gasteiger partial charge in [0.2, 0.25) is 5.75 Å². The smallest absolute Gasteiger partial charge is 0.204 e. The van der Waals surface area contributed by atoms with Crippen molar-refractivity contribution in [1.82, 2.24) is 4.98 Å². The van der Waals surface area contributed by atoms with E-state index in [1.807, 2.05) is 0 Å². The Morgan fingerprint density at radius 2 is 1.75 bits per heavy atom. The highest BCUT2D eigenvalue weighted by atomic mass is 16.5. The topological polar surface area (TPSA) is 60.6 Å². The summed E-state index contributed by atoms with van der Waals surface area (Å²) >= 11 is 0. The molecule has 0 saturated heterocycles. The van der Waals surface area contributed by atoms with Crippen LogP contribution in [0, 0.1) is 0 Å². The molecule has 0 unspecified atom stereocenters.